The number of thioether (sulfide) groups is 1. The second-order valence-corrected chi connectivity index (χ2v) is 4.32. The number of aromatic nitrogens is 3. The zero-order valence-electron chi connectivity index (χ0n) is 8.84. The molecular formula is C11H13N3S. The number of benzene rings is 1. The molecule has 4 heteroatoms. The van der Waals surface area contributed by atoms with Crippen molar-refractivity contribution >= 4 is 11.8 Å². The molecule has 15 heavy (non-hydrogen) atoms. The molecule has 0 atom stereocenters. The molecule has 0 aliphatic carbocycles. The van der Waals surface area contributed by atoms with Crippen molar-refractivity contribution in [1.29, 1.82) is 0 Å². The second kappa shape index (κ2) is 4.49. The topological polar surface area (TPSA) is 30.7 Å². The Hall–Kier alpha value is -1.29. The molecule has 1 heterocycles. The molecule has 78 valence electrons. The number of hydrogen-bond acceptors (Lipinski definition) is 3. The standard InChI is InChI=1S/C11H13N3S/c1-9-11(13-14(2)12-9)15-8-10-6-4-3-5-7-10/h3-7H,8H2,1-2H3. The zero-order valence-corrected chi connectivity index (χ0v) is 9.66. The number of hydrogen-bond donors (Lipinski definition) is 0. The number of nitrogens with zero attached hydrogens (tertiary/aromatic N) is 3. The number of rotatable bonds is 3. The Morgan fingerprint density at radius 1 is 1.20 bits per heavy atom. The van der Waals surface area contributed by atoms with Crippen molar-refractivity contribution in [2.75, 3.05) is 0 Å². The van der Waals surface area contributed by atoms with Crippen LogP contribution >= 0.6 is 11.8 Å². The van der Waals surface area contributed by atoms with Gasteiger partial charge in [0.25, 0.3) is 0 Å². The van der Waals surface area contributed by atoms with Crippen LogP contribution in [-0.2, 0) is 12.8 Å². The fourth-order valence-corrected chi connectivity index (χ4v) is 2.27. The summed E-state index contributed by atoms with van der Waals surface area (Å²) in [6.45, 7) is 1.99. The molecule has 0 unspecified atom stereocenters. The van der Waals surface area contributed by atoms with E-state index in [-0.39, 0.29) is 0 Å². The minimum atomic E-state index is 0.945. The molecule has 2 rings (SSSR count). The minimum absolute atomic E-state index is 0.945. The quantitative estimate of drug-likeness (QED) is 0.743. The third kappa shape index (κ3) is 2.59. The largest absolute Gasteiger partial charge is 0.187 e. The highest BCUT2D eigenvalue weighted by atomic mass is 32.2. The van der Waals surface area contributed by atoms with E-state index in [1.165, 1.54) is 5.56 Å². The second-order valence-electron chi connectivity index (χ2n) is 3.35. The van der Waals surface area contributed by atoms with Gasteiger partial charge in [-0.05, 0) is 12.5 Å². The summed E-state index contributed by atoms with van der Waals surface area (Å²) in [5, 5.41) is 9.52. The molecular weight excluding hydrogens is 206 g/mol. The molecule has 0 radical (unpaired) electrons. The fourth-order valence-electron chi connectivity index (χ4n) is 1.35. The van der Waals surface area contributed by atoms with Crippen molar-refractivity contribution in [3.63, 3.8) is 0 Å². The van der Waals surface area contributed by atoms with Crippen LogP contribution < -0.4 is 0 Å². The van der Waals surface area contributed by atoms with E-state index in [9.17, 15) is 0 Å². The van der Waals surface area contributed by atoms with E-state index in [1.807, 2.05) is 20.0 Å². The molecule has 0 saturated heterocycles. The molecule has 0 amide bonds. The lowest BCUT2D eigenvalue weighted by molar-refractivity contribution is 0.638. The Kier molecular flexibility index (Phi) is 3.06. The van der Waals surface area contributed by atoms with Crippen LogP contribution in [0.3, 0.4) is 0 Å². The lowest BCUT2D eigenvalue weighted by atomic mass is 10.2. The van der Waals surface area contributed by atoms with Crippen molar-refractivity contribution in [3.05, 3.63) is 41.6 Å². The maximum Gasteiger partial charge on any atom is 0.142 e. The van der Waals surface area contributed by atoms with E-state index < -0.39 is 0 Å². The first-order chi connectivity index (χ1) is 7.25. The third-order valence-electron chi connectivity index (χ3n) is 2.06. The summed E-state index contributed by atoms with van der Waals surface area (Å²) >= 11 is 1.73. The van der Waals surface area contributed by atoms with Crippen LogP contribution in [0.2, 0.25) is 0 Å². The average Bonchev–Trinajstić information content (AvgIpc) is 2.56. The normalized spacial score (nSPS) is 10.5. The van der Waals surface area contributed by atoms with Gasteiger partial charge in [0.2, 0.25) is 0 Å². The van der Waals surface area contributed by atoms with Crippen molar-refractivity contribution in [2.45, 2.75) is 17.7 Å². The molecule has 0 spiro atoms. The summed E-state index contributed by atoms with van der Waals surface area (Å²) in [7, 11) is 1.85. The van der Waals surface area contributed by atoms with Crippen molar-refractivity contribution < 1.29 is 0 Å². The Balaban J connectivity index is 2.02. The van der Waals surface area contributed by atoms with E-state index in [1.54, 1.807) is 16.6 Å². The smallest absolute Gasteiger partial charge is 0.142 e. The van der Waals surface area contributed by atoms with Crippen LogP contribution in [0.5, 0.6) is 0 Å². The summed E-state index contributed by atoms with van der Waals surface area (Å²) < 4.78 is 0. The van der Waals surface area contributed by atoms with E-state index in [0.717, 1.165) is 16.5 Å². The van der Waals surface area contributed by atoms with Gasteiger partial charge < -0.3 is 0 Å². The van der Waals surface area contributed by atoms with Gasteiger partial charge in [-0.2, -0.15) is 9.90 Å². The Labute approximate surface area is 93.5 Å². The summed E-state index contributed by atoms with van der Waals surface area (Å²) in [5.41, 5.74) is 2.31. The Morgan fingerprint density at radius 3 is 2.53 bits per heavy atom. The molecule has 0 aliphatic heterocycles. The summed E-state index contributed by atoms with van der Waals surface area (Å²) in [5.74, 6) is 0.945. The van der Waals surface area contributed by atoms with Gasteiger partial charge in [0, 0.05) is 12.8 Å². The van der Waals surface area contributed by atoms with Gasteiger partial charge in [0.1, 0.15) is 5.03 Å². The van der Waals surface area contributed by atoms with Crippen LogP contribution in [0.4, 0.5) is 0 Å². The SMILES string of the molecule is Cc1nn(C)nc1SCc1ccccc1. The van der Waals surface area contributed by atoms with Crippen molar-refractivity contribution in [1.82, 2.24) is 15.0 Å². The van der Waals surface area contributed by atoms with Gasteiger partial charge in [-0.1, -0.05) is 42.1 Å². The van der Waals surface area contributed by atoms with Crippen LogP contribution in [0.15, 0.2) is 35.4 Å². The van der Waals surface area contributed by atoms with Gasteiger partial charge in [-0.15, -0.1) is 5.10 Å². The molecule has 0 fully saturated rings. The number of aryl methyl sites for hydroxylation is 2. The van der Waals surface area contributed by atoms with E-state index >= 15 is 0 Å². The predicted molar refractivity (Wildman–Crippen MR) is 61.7 cm³/mol. The van der Waals surface area contributed by atoms with Gasteiger partial charge in [0.15, 0.2) is 0 Å². The van der Waals surface area contributed by atoms with Crippen molar-refractivity contribution in [3.8, 4) is 0 Å². The van der Waals surface area contributed by atoms with Crippen LogP contribution in [0.25, 0.3) is 0 Å². The average molecular weight is 219 g/mol. The van der Waals surface area contributed by atoms with Gasteiger partial charge >= 0.3 is 0 Å². The molecule has 2 aromatic rings. The lowest BCUT2D eigenvalue weighted by Gasteiger charge is -1.98. The molecule has 0 N–H and O–H groups in total. The summed E-state index contributed by atoms with van der Waals surface area (Å²) in [6.07, 6.45) is 0. The lowest BCUT2D eigenvalue weighted by Crippen LogP contribution is -1.91. The van der Waals surface area contributed by atoms with Crippen LogP contribution in [-0.4, -0.2) is 15.0 Å². The van der Waals surface area contributed by atoms with Crippen LogP contribution in [0.1, 0.15) is 11.3 Å². The van der Waals surface area contributed by atoms with Gasteiger partial charge in [-0.25, -0.2) is 0 Å². The first-order valence-electron chi connectivity index (χ1n) is 4.80. The molecule has 0 bridgehead atoms. The van der Waals surface area contributed by atoms with E-state index in [0.29, 0.717) is 0 Å². The highest BCUT2D eigenvalue weighted by Gasteiger charge is 2.05. The predicted octanol–water partition coefficient (Wildman–Crippen LogP) is 2.42. The third-order valence-corrected chi connectivity index (χ3v) is 3.19. The first kappa shape index (κ1) is 10.2. The van der Waals surface area contributed by atoms with Gasteiger partial charge in [-0.3, -0.25) is 0 Å². The zero-order chi connectivity index (χ0) is 10.7. The minimum Gasteiger partial charge on any atom is -0.187 e. The Morgan fingerprint density at radius 2 is 1.93 bits per heavy atom. The highest BCUT2D eigenvalue weighted by Crippen LogP contribution is 2.22. The molecule has 0 aliphatic rings. The maximum atomic E-state index is 4.29. The van der Waals surface area contributed by atoms with Crippen LogP contribution in [0, 0.1) is 6.92 Å². The maximum absolute atomic E-state index is 4.29. The summed E-state index contributed by atoms with van der Waals surface area (Å²) in [6, 6.07) is 10.4. The fraction of sp³-hybridized carbons (Fsp3) is 0.273. The van der Waals surface area contributed by atoms with Gasteiger partial charge in [0.05, 0.1) is 5.69 Å². The molecule has 1 aromatic heterocycles. The van der Waals surface area contributed by atoms with E-state index in [2.05, 4.69) is 34.5 Å². The molecule has 3 nitrogen and oxygen atoms in total. The van der Waals surface area contributed by atoms with Crippen molar-refractivity contribution in [2.24, 2.45) is 7.05 Å². The first-order valence-corrected chi connectivity index (χ1v) is 5.79. The Bertz CT molecular complexity index is 436. The van der Waals surface area contributed by atoms with E-state index in [4.69, 9.17) is 0 Å². The molecule has 1 aromatic carbocycles. The highest BCUT2D eigenvalue weighted by molar-refractivity contribution is 7.98. The monoisotopic (exact) mass is 219 g/mol. The molecule has 0 saturated carbocycles. The summed E-state index contributed by atoms with van der Waals surface area (Å²) in [4.78, 5) is 1.61.